The Bertz CT molecular complexity index is 1500. The van der Waals surface area contributed by atoms with Crippen molar-refractivity contribution >= 4 is 34.1 Å². The standard InChI is InChI=1S/C30H19N3O/c31-20-23(21-32)17-22-11-12-25-19-30(34-29(25)18-22)24-13-15-28(16-14-24)33(26-7-3-1-4-8-26)27-9-5-2-6-10-27/h1-19H. The van der Waals surface area contributed by atoms with E-state index in [4.69, 9.17) is 14.9 Å². The van der Waals surface area contributed by atoms with Crippen molar-refractivity contribution in [2.24, 2.45) is 0 Å². The monoisotopic (exact) mass is 437 g/mol. The largest absolute Gasteiger partial charge is 0.456 e. The summed E-state index contributed by atoms with van der Waals surface area (Å²) in [5, 5.41) is 18.9. The average Bonchev–Trinajstić information content (AvgIpc) is 3.33. The van der Waals surface area contributed by atoms with E-state index in [1.54, 1.807) is 6.08 Å². The molecular weight excluding hydrogens is 418 g/mol. The van der Waals surface area contributed by atoms with Gasteiger partial charge in [0.25, 0.3) is 0 Å². The Hall–Kier alpha value is -5.06. The zero-order valence-corrected chi connectivity index (χ0v) is 18.2. The van der Waals surface area contributed by atoms with Gasteiger partial charge < -0.3 is 9.32 Å². The smallest absolute Gasteiger partial charge is 0.135 e. The lowest BCUT2D eigenvalue weighted by atomic mass is 10.1. The van der Waals surface area contributed by atoms with Gasteiger partial charge in [-0.15, -0.1) is 0 Å². The highest BCUT2D eigenvalue weighted by molar-refractivity contribution is 5.86. The predicted molar refractivity (Wildman–Crippen MR) is 136 cm³/mol. The number of hydrogen-bond acceptors (Lipinski definition) is 4. The number of rotatable bonds is 5. The Morgan fingerprint density at radius 1 is 0.676 bits per heavy atom. The summed E-state index contributed by atoms with van der Waals surface area (Å²) in [6.45, 7) is 0. The summed E-state index contributed by atoms with van der Waals surface area (Å²) in [4.78, 5) is 2.21. The lowest BCUT2D eigenvalue weighted by Crippen LogP contribution is -2.09. The Morgan fingerprint density at radius 2 is 1.26 bits per heavy atom. The molecular formula is C30H19N3O. The zero-order valence-electron chi connectivity index (χ0n) is 18.2. The molecule has 4 heteroatoms. The van der Waals surface area contributed by atoms with Gasteiger partial charge in [0.1, 0.15) is 29.1 Å². The third kappa shape index (κ3) is 4.17. The van der Waals surface area contributed by atoms with Crippen LogP contribution in [0.2, 0.25) is 0 Å². The van der Waals surface area contributed by atoms with Gasteiger partial charge in [-0.1, -0.05) is 48.5 Å². The minimum Gasteiger partial charge on any atom is -0.456 e. The number of fused-ring (bicyclic) bond motifs is 1. The lowest BCUT2D eigenvalue weighted by Gasteiger charge is -2.25. The maximum Gasteiger partial charge on any atom is 0.135 e. The van der Waals surface area contributed by atoms with Crippen molar-refractivity contribution in [3.05, 3.63) is 120 Å². The second-order valence-electron chi connectivity index (χ2n) is 7.74. The first-order valence-corrected chi connectivity index (χ1v) is 10.8. The third-order valence-corrected chi connectivity index (χ3v) is 5.53. The van der Waals surface area contributed by atoms with E-state index >= 15 is 0 Å². The van der Waals surface area contributed by atoms with Gasteiger partial charge in [-0.05, 0) is 72.3 Å². The van der Waals surface area contributed by atoms with Gasteiger partial charge in [0.05, 0.1) is 0 Å². The number of allylic oxidation sites excluding steroid dienone is 1. The Kier molecular flexibility index (Phi) is 5.64. The summed E-state index contributed by atoms with van der Waals surface area (Å²) in [5.41, 5.74) is 5.70. The molecule has 160 valence electrons. The van der Waals surface area contributed by atoms with E-state index in [9.17, 15) is 0 Å². The molecule has 0 atom stereocenters. The topological polar surface area (TPSA) is 64.0 Å². The number of para-hydroxylation sites is 2. The highest BCUT2D eigenvalue weighted by Crippen LogP contribution is 2.36. The van der Waals surface area contributed by atoms with Gasteiger partial charge in [-0.3, -0.25) is 0 Å². The second kappa shape index (κ2) is 9.20. The van der Waals surface area contributed by atoms with Crippen molar-refractivity contribution < 1.29 is 4.42 Å². The fourth-order valence-corrected chi connectivity index (χ4v) is 3.91. The highest BCUT2D eigenvalue weighted by Gasteiger charge is 2.13. The first-order chi connectivity index (χ1) is 16.7. The fraction of sp³-hybridized carbons (Fsp3) is 0. The molecule has 0 unspecified atom stereocenters. The Labute approximate surface area is 197 Å². The lowest BCUT2D eigenvalue weighted by molar-refractivity contribution is 0.631. The minimum atomic E-state index is 0.0584. The molecule has 0 aliphatic carbocycles. The number of hydrogen-bond donors (Lipinski definition) is 0. The zero-order chi connectivity index (χ0) is 23.3. The summed E-state index contributed by atoms with van der Waals surface area (Å²) in [6, 6.07) is 40.2. The number of benzene rings is 4. The van der Waals surface area contributed by atoms with Gasteiger partial charge in [-0.25, -0.2) is 0 Å². The summed E-state index contributed by atoms with van der Waals surface area (Å²) in [6.07, 6.45) is 1.55. The Balaban J connectivity index is 1.49. The highest BCUT2D eigenvalue weighted by atomic mass is 16.3. The molecule has 34 heavy (non-hydrogen) atoms. The molecule has 0 bridgehead atoms. The minimum absolute atomic E-state index is 0.0584. The molecule has 0 aliphatic heterocycles. The number of nitrogens with zero attached hydrogens (tertiary/aromatic N) is 3. The van der Waals surface area contributed by atoms with Crippen molar-refractivity contribution in [2.45, 2.75) is 0 Å². The molecule has 0 saturated heterocycles. The first-order valence-electron chi connectivity index (χ1n) is 10.8. The molecule has 5 aromatic rings. The van der Waals surface area contributed by atoms with Gasteiger partial charge in [0.2, 0.25) is 0 Å². The van der Waals surface area contributed by atoms with Crippen LogP contribution in [0.4, 0.5) is 17.1 Å². The SMILES string of the molecule is N#CC(C#N)=Cc1ccc2cc(-c3ccc(N(c4ccccc4)c4ccccc4)cc3)oc2c1. The van der Waals surface area contributed by atoms with Crippen molar-refractivity contribution in [2.75, 3.05) is 4.90 Å². The number of nitriles is 2. The predicted octanol–water partition coefficient (Wildman–Crippen LogP) is 8.00. The van der Waals surface area contributed by atoms with Gasteiger partial charge >= 0.3 is 0 Å². The van der Waals surface area contributed by atoms with E-state index in [2.05, 4.69) is 53.4 Å². The van der Waals surface area contributed by atoms with Crippen molar-refractivity contribution in [3.63, 3.8) is 0 Å². The molecule has 0 aliphatic rings. The van der Waals surface area contributed by atoms with Crippen LogP contribution in [0, 0.1) is 22.7 Å². The summed E-state index contributed by atoms with van der Waals surface area (Å²) in [7, 11) is 0. The van der Waals surface area contributed by atoms with Crippen LogP contribution in [0.25, 0.3) is 28.4 Å². The average molecular weight is 438 g/mol. The molecule has 4 nitrogen and oxygen atoms in total. The molecule has 1 heterocycles. The quantitative estimate of drug-likeness (QED) is 0.261. The van der Waals surface area contributed by atoms with Crippen LogP contribution in [-0.2, 0) is 0 Å². The number of furan rings is 1. The van der Waals surface area contributed by atoms with E-state index < -0.39 is 0 Å². The van der Waals surface area contributed by atoms with E-state index in [0.29, 0.717) is 5.58 Å². The third-order valence-electron chi connectivity index (χ3n) is 5.53. The fourth-order valence-electron chi connectivity index (χ4n) is 3.91. The molecule has 5 rings (SSSR count). The van der Waals surface area contributed by atoms with Crippen LogP contribution in [0.15, 0.2) is 119 Å². The molecule has 0 spiro atoms. The van der Waals surface area contributed by atoms with E-state index in [-0.39, 0.29) is 5.57 Å². The molecule has 0 amide bonds. The molecule has 0 N–H and O–H groups in total. The van der Waals surface area contributed by atoms with Crippen molar-refractivity contribution in [1.82, 2.24) is 0 Å². The van der Waals surface area contributed by atoms with Gasteiger partial charge in [-0.2, -0.15) is 10.5 Å². The second-order valence-corrected chi connectivity index (χ2v) is 7.74. The maximum atomic E-state index is 8.99. The van der Waals surface area contributed by atoms with Gasteiger partial charge in [0.15, 0.2) is 0 Å². The van der Waals surface area contributed by atoms with Crippen molar-refractivity contribution in [1.29, 1.82) is 10.5 Å². The number of anilines is 3. The van der Waals surface area contributed by atoms with Crippen LogP contribution in [0.3, 0.4) is 0 Å². The summed E-state index contributed by atoms with van der Waals surface area (Å²) >= 11 is 0. The van der Waals surface area contributed by atoms with Crippen LogP contribution in [0.5, 0.6) is 0 Å². The van der Waals surface area contributed by atoms with Crippen LogP contribution in [0.1, 0.15) is 5.56 Å². The van der Waals surface area contributed by atoms with Crippen LogP contribution >= 0.6 is 0 Å². The van der Waals surface area contributed by atoms with Crippen molar-refractivity contribution in [3.8, 4) is 23.5 Å². The Morgan fingerprint density at radius 3 is 1.85 bits per heavy atom. The van der Waals surface area contributed by atoms with E-state index in [1.807, 2.05) is 72.8 Å². The van der Waals surface area contributed by atoms with E-state index in [0.717, 1.165) is 39.3 Å². The first kappa shape index (κ1) is 20.8. The van der Waals surface area contributed by atoms with Gasteiger partial charge in [0, 0.05) is 28.0 Å². The van der Waals surface area contributed by atoms with E-state index in [1.165, 1.54) is 0 Å². The summed E-state index contributed by atoms with van der Waals surface area (Å²) in [5.74, 6) is 0.759. The molecule has 0 saturated carbocycles. The van der Waals surface area contributed by atoms with Crippen LogP contribution in [-0.4, -0.2) is 0 Å². The molecule has 0 radical (unpaired) electrons. The normalized spacial score (nSPS) is 10.3. The maximum absolute atomic E-state index is 8.99. The molecule has 0 fully saturated rings. The molecule has 1 aromatic heterocycles. The van der Waals surface area contributed by atoms with Crippen LogP contribution < -0.4 is 4.90 Å². The molecule has 4 aromatic carbocycles. The summed E-state index contributed by atoms with van der Waals surface area (Å²) < 4.78 is 6.10.